The van der Waals surface area contributed by atoms with E-state index in [4.69, 9.17) is 11.6 Å². The maximum Gasteiger partial charge on any atom is 0.241 e. The molecule has 2 aromatic rings. The van der Waals surface area contributed by atoms with Crippen molar-refractivity contribution in [2.75, 3.05) is 18.0 Å². The van der Waals surface area contributed by atoms with Gasteiger partial charge in [-0.1, -0.05) is 0 Å². The third-order valence-electron chi connectivity index (χ3n) is 2.37. The zero-order valence-electron chi connectivity index (χ0n) is 9.71. The first-order valence-electron chi connectivity index (χ1n) is 5.39. The molecule has 0 aliphatic heterocycles. The predicted molar refractivity (Wildman–Crippen MR) is 65.5 cm³/mol. The van der Waals surface area contributed by atoms with Gasteiger partial charge in [0.05, 0.1) is 0 Å². The van der Waals surface area contributed by atoms with Crippen molar-refractivity contribution in [3.05, 3.63) is 24.0 Å². The number of anilines is 1. The molecule has 7 heteroatoms. The first-order valence-corrected chi connectivity index (χ1v) is 5.77. The van der Waals surface area contributed by atoms with Crippen molar-refractivity contribution in [2.24, 2.45) is 0 Å². The van der Waals surface area contributed by atoms with Gasteiger partial charge in [0.15, 0.2) is 0 Å². The topological polar surface area (TPSA) is 59.7 Å². The molecule has 0 amide bonds. The summed E-state index contributed by atoms with van der Waals surface area (Å²) in [7, 11) is 0. The lowest BCUT2D eigenvalue weighted by molar-refractivity contribution is 0.793. The fraction of sp³-hybridized carbons (Fsp3) is 0.400. The summed E-state index contributed by atoms with van der Waals surface area (Å²) >= 11 is 5.90. The van der Waals surface area contributed by atoms with Crippen LogP contribution in [0.2, 0.25) is 5.28 Å². The summed E-state index contributed by atoms with van der Waals surface area (Å²) in [5.41, 5.74) is 0. The zero-order valence-corrected chi connectivity index (χ0v) is 10.5. The highest BCUT2D eigenvalue weighted by Crippen LogP contribution is 2.12. The van der Waals surface area contributed by atoms with Crippen LogP contribution >= 0.6 is 11.6 Å². The van der Waals surface area contributed by atoms with E-state index >= 15 is 0 Å². The molecule has 2 aromatic heterocycles. The first kappa shape index (κ1) is 11.8. The van der Waals surface area contributed by atoms with Crippen molar-refractivity contribution >= 4 is 17.5 Å². The third-order valence-corrected chi connectivity index (χ3v) is 2.54. The van der Waals surface area contributed by atoms with E-state index in [0.717, 1.165) is 13.1 Å². The zero-order chi connectivity index (χ0) is 12.3. The van der Waals surface area contributed by atoms with E-state index < -0.39 is 0 Å². The molecule has 0 atom stereocenters. The number of halogens is 1. The van der Waals surface area contributed by atoms with E-state index in [1.165, 1.54) is 0 Å². The molecule has 2 heterocycles. The minimum Gasteiger partial charge on any atom is -0.341 e. The summed E-state index contributed by atoms with van der Waals surface area (Å²) < 4.78 is 1.70. The summed E-state index contributed by atoms with van der Waals surface area (Å²) in [6.07, 6.45) is 5.05. The van der Waals surface area contributed by atoms with Crippen LogP contribution in [0.3, 0.4) is 0 Å². The number of hydrogen-bond acceptors (Lipinski definition) is 5. The van der Waals surface area contributed by atoms with Gasteiger partial charge in [0.25, 0.3) is 0 Å². The van der Waals surface area contributed by atoms with E-state index in [1.807, 2.05) is 18.7 Å². The SMILES string of the molecule is CCN(CC)c1nc(Cl)nc(-n2ccnc2)n1. The lowest BCUT2D eigenvalue weighted by Crippen LogP contribution is -2.25. The van der Waals surface area contributed by atoms with Crippen LogP contribution in [0.5, 0.6) is 0 Å². The molecule has 0 unspecified atom stereocenters. The Hall–Kier alpha value is -1.69. The molecule has 0 aromatic carbocycles. The highest BCUT2D eigenvalue weighted by atomic mass is 35.5. The van der Waals surface area contributed by atoms with Crippen molar-refractivity contribution in [1.82, 2.24) is 24.5 Å². The Bertz CT molecular complexity index is 480. The molecule has 0 spiro atoms. The van der Waals surface area contributed by atoms with Crippen molar-refractivity contribution in [3.63, 3.8) is 0 Å². The second-order valence-corrected chi connectivity index (χ2v) is 3.68. The molecule has 90 valence electrons. The summed E-state index contributed by atoms with van der Waals surface area (Å²) in [6, 6.07) is 0. The molecule has 0 N–H and O–H groups in total. The maximum atomic E-state index is 5.90. The third kappa shape index (κ3) is 2.52. The Balaban J connectivity index is 2.42. The predicted octanol–water partition coefficient (Wildman–Crippen LogP) is 1.56. The Kier molecular flexibility index (Phi) is 3.53. The van der Waals surface area contributed by atoms with Crippen molar-refractivity contribution in [2.45, 2.75) is 13.8 Å². The van der Waals surface area contributed by atoms with Crippen molar-refractivity contribution in [3.8, 4) is 5.95 Å². The van der Waals surface area contributed by atoms with Crippen LogP contribution in [-0.4, -0.2) is 37.6 Å². The average Bonchev–Trinajstić information content (AvgIpc) is 2.83. The van der Waals surface area contributed by atoms with E-state index in [-0.39, 0.29) is 5.28 Å². The van der Waals surface area contributed by atoms with Crippen LogP contribution in [0, 0.1) is 0 Å². The lowest BCUT2D eigenvalue weighted by atomic mass is 10.5. The van der Waals surface area contributed by atoms with Gasteiger partial charge in [-0.05, 0) is 25.4 Å². The number of imidazole rings is 1. The molecule has 0 saturated heterocycles. The molecule has 2 rings (SSSR count). The van der Waals surface area contributed by atoms with Gasteiger partial charge < -0.3 is 4.90 Å². The Morgan fingerprint density at radius 3 is 2.59 bits per heavy atom. The number of rotatable bonds is 4. The summed E-state index contributed by atoms with van der Waals surface area (Å²) in [6.45, 7) is 5.72. The Labute approximate surface area is 104 Å². The van der Waals surface area contributed by atoms with Gasteiger partial charge in [-0.25, -0.2) is 4.98 Å². The van der Waals surface area contributed by atoms with Crippen LogP contribution in [0.1, 0.15) is 13.8 Å². The van der Waals surface area contributed by atoms with E-state index in [9.17, 15) is 0 Å². The summed E-state index contributed by atoms with van der Waals surface area (Å²) in [4.78, 5) is 18.5. The largest absolute Gasteiger partial charge is 0.341 e. The van der Waals surface area contributed by atoms with Gasteiger partial charge in [0, 0.05) is 25.5 Å². The Morgan fingerprint density at radius 1 is 1.24 bits per heavy atom. The minimum atomic E-state index is 0.186. The van der Waals surface area contributed by atoms with Gasteiger partial charge >= 0.3 is 0 Å². The highest BCUT2D eigenvalue weighted by molar-refractivity contribution is 6.28. The van der Waals surface area contributed by atoms with Gasteiger partial charge in [-0.2, -0.15) is 15.0 Å². The van der Waals surface area contributed by atoms with Crippen LogP contribution < -0.4 is 4.90 Å². The monoisotopic (exact) mass is 252 g/mol. The number of aromatic nitrogens is 5. The smallest absolute Gasteiger partial charge is 0.241 e. The molecule has 0 saturated carbocycles. The minimum absolute atomic E-state index is 0.186. The molecule has 0 bridgehead atoms. The van der Waals surface area contributed by atoms with Crippen LogP contribution in [0.4, 0.5) is 5.95 Å². The molecular formula is C10H13ClN6. The number of hydrogen-bond donors (Lipinski definition) is 0. The average molecular weight is 253 g/mol. The molecule has 0 aliphatic rings. The van der Waals surface area contributed by atoms with Crippen molar-refractivity contribution < 1.29 is 0 Å². The van der Waals surface area contributed by atoms with E-state index in [0.29, 0.717) is 11.9 Å². The van der Waals surface area contributed by atoms with Crippen LogP contribution in [0.15, 0.2) is 18.7 Å². The van der Waals surface area contributed by atoms with Crippen molar-refractivity contribution in [1.29, 1.82) is 0 Å². The normalized spacial score (nSPS) is 10.5. The summed E-state index contributed by atoms with van der Waals surface area (Å²) in [5.74, 6) is 1.06. The fourth-order valence-corrected chi connectivity index (χ4v) is 1.62. The van der Waals surface area contributed by atoms with Crippen LogP contribution in [0.25, 0.3) is 5.95 Å². The van der Waals surface area contributed by atoms with Crippen LogP contribution in [-0.2, 0) is 0 Å². The van der Waals surface area contributed by atoms with E-state index in [2.05, 4.69) is 19.9 Å². The standard InChI is InChI=1S/C10H13ClN6/c1-3-16(4-2)9-13-8(11)14-10(15-9)17-6-5-12-7-17/h5-7H,3-4H2,1-2H3. The van der Waals surface area contributed by atoms with Gasteiger partial charge in [-0.3, -0.25) is 4.57 Å². The maximum absolute atomic E-state index is 5.90. The molecule has 0 radical (unpaired) electrons. The van der Waals surface area contributed by atoms with E-state index in [1.54, 1.807) is 23.3 Å². The van der Waals surface area contributed by atoms with Gasteiger partial charge in [-0.15, -0.1) is 0 Å². The first-order chi connectivity index (χ1) is 8.24. The Morgan fingerprint density at radius 2 is 2.00 bits per heavy atom. The second kappa shape index (κ2) is 5.09. The number of nitrogens with zero attached hydrogens (tertiary/aromatic N) is 6. The fourth-order valence-electron chi connectivity index (χ4n) is 1.47. The molecule has 17 heavy (non-hydrogen) atoms. The molecule has 0 fully saturated rings. The molecule has 6 nitrogen and oxygen atoms in total. The van der Waals surface area contributed by atoms with Gasteiger partial charge in [0.1, 0.15) is 6.33 Å². The quantitative estimate of drug-likeness (QED) is 0.826. The molecular weight excluding hydrogens is 240 g/mol. The van der Waals surface area contributed by atoms with Gasteiger partial charge in [0.2, 0.25) is 17.2 Å². The second-order valence-electron chi connectivity index (χ2n) is 3.35. The molecule has 0 aliphatic carbocycles. The summed E-state index contributed by atoms with van der Waals surface area (Å²) in [5, 5.41) is 0.186. The lowest BCUT2D eigenvalue weighted by Gasteiger charge is -2.18. The highest BCUT2D eigenvalue weighted by Gasteiger charge is 2.10.